The van der Waals surface area contributed by atoms with E-state index in [1.165, 1.54) is 18.2 Å². The summed E-state index contributed by atoms with van der Waals surface area (Å²) in [5.74, 6) is -1.68. The molecule has 0 aromatic heterocycles. The van der Waals surface area contributed by atoms with Crippen LogP contribution in [0, 0.1) is 0 Å². The van der Waals surface area contributed by atoms with Crippen molar-refractivity contribution in [1.82, 2.24) is 0 Å². The molecule has 0 radical (unpaired) electrons. The average molecular weight is 267 g/mol. The number of hydrogen-bond acceptors (Lipinski definition) is 2. The first-order valence-electron chi connectivity index (χ1n) is 3.49. The van der Waals surface area contributed by atoms with Gasteiger partial charge in [0.1, 0.15) is 5.56 Å². The number of halogens is 3. The van der Waals surface area contributed by atoms with Gasteiger partial charge in [0.15, 0.2) is 5.75 Å². The summed E-state index contributed by atoms with van der Waals surface area (Å²) in [6, 6.07) is 4.03. The summed E-state index contributed by atoms with van der Waals surface area (Å²) in [4.78, 5) is 10.6. The Bertz CT molecular complexity index is 354. The fourth-order valence-electron chi connectivity index (χ4n) is 0.886. The molecule has 14 heavy (non-hydrogen) atoms. The second-order valence-electron chi connectivity index (χ2n) is 2.30. The van der Waals surface area contributed by atoms with E-state index in [0.29, 0.717) is 0 Å². The van der Waals surface area contributed by atoms with Crippen molar-refractivity contribution < 1.29 is 23.4 Å². The highest BCUT2D eigenvalue weighted by atomic mass is 79.9. The summed E-state index contributed by atoms with van der Waals surface area (Å²) < 4.78 is 28.1. The summed E-state index contributed by atoms with van der Waals surface area (Å²) >= 11 is 2.92. The molecular weight excluding hydrogens is 262 g/mol. The van der Waals surface area contributed by atoms with Crippen LogP contribution in [0.1, 0.15) is 10.4 Å². The van der Waals surface area contributed by atoms with E-state index in [1.54, 1.807) is 0 Å². The van der Waals surface area contributed by atoms with Gasteiger partial charge >= 0.3 is 12.6 Å². The number of aromatic carboxylic acids is 1. The van der Waals surface area contributed by atoms with Crippen molar-refractivity contribution in [2.45, 2.75) is 6.61 Å². The molecule has 0 unspecified atom stereocenters. The Kier molecular flexibility index (Phi) is 3.40. The van der Waals surface area contributed by atoms with Gasteiger partial charge in [-0.15, -0.1) is 0 Å². The van der Waals surface area contributed by atoms with Crippen molar-refractivity contribution in [3.63, 3.8) is 0 Å². The molecule has 0 aliphatic rings. The maximum absolute atomic E-state index is 11.9. The van der Waals surface area contributed by atoms with E-state index in [-0.39, 0.29) is 15.8 Å². The summed E-state index contributed by atoms with van der Waals surface area (Å²) in [5, 5.41) is 8.66. The van der Waals surface area contributed by atoms with Gasteiger partial charge < -0.3 is 9.84 Å². The van der Waals surface area contributed by atoms with E-state index in [9.17, 15) is 13.6 Å². The fourth-order valence-corrected chi connectivity index (χ4v) is 1.35. The minimum Gasteiger partial charge on any atom is -0.478 e. The SMILES string of the molecule is O=C(O)c1cccc(Br)c1OC(F)F. The van der Waals surface area contributed by atoms with Gasteiger partial charge in [0.25, 0.3) is 0 Å². The maximum atomic E-state index is 11.9. The number of para-hydroxylation sites is 1. The van der Waals surface area contributed by atoms with Crippen LogP contribution in [-0.2, 0) is 0 Å². The molecule has 3 nitrogen and oxygen atoms in total. The predicted molar refractivity (Wildman–Crippen MR) is 47.7 cm³/mol. The summed E-state index contributed by atoms with van der Waals surface area (Å²) in [7, 11) is 0. The van der Waals surface area contributed by atoms with Gasteiger partial charge in [0.2, 0.25) is 0 Å². The molecule has 76 valence electrons. The van der Waals surface area contributed by atoms with Crippen LogP contribution in [0.25, 0.3) is 0 Å². The Balaban J connectivity index is 3.15. The molecule has 1 aromatic carbocycles. The van der Waals surface area contributed by atoms with E-state index in [4.69, 9.17) is 5.11 Å². The quantitative estimate of drug-likeness (QED) is 0.915. The second-order valence-corrected chi connectivity index (χ2v) is 3.15. The van der Waals surface area contributed by atoms with Crippen molar-refractivity contribution in [2.75, 3.05) is 0 Å². The Labute approximate surface area is 86.4 Å². The molecule has 0 bridgehead atoms. The van der Waals surface area contributed by atoms with Crippen LogP contribution in [0.2, 0.25) is 0 Å². The van der Waals surface area contributed by atoms with Crippen LogP contribution in [-0.4, -0.2) is 17.7 Å². The average Bonchev–Trinajstić information content (AvgIpc) is 2.07. The first-order chi connectivity index (χ1) is 6.52. The number of hydrogen-bond donors (Lipinski definition) is 1. The normalized spacial score (nSPS) is 10.3. The zero-order chi connectivity index (χ0) is 10.7. The smallest absolute Gasteiger partial charge is 0.387 e. The molecular formula is C8H5BrF2O3. The summed E-state index contributed by atoms with van der Waals surface area (Å²) in [6.45, 7) is -3.05. The largest absolute Gasteiger partial charge is 0.478 e. The van der Waals surface area contributed by atoms with Crippen LogP contribution in [0.15, 0.2) is 22.7 Å². The Morgan fingerprint density at radius 2 is 2.14 bits per heavy atom. The highest BCUT2D eigenvalue weighted by molar-refractivity contribution is 9.10. The van der Waals surface area contributed by atoms with Crippen LogP contribution in [0.5, 0.6) is 5.75 Å². The van der Waals surface area contributed by atoms with E-state index in [0.717, 1.165) is 0 Å². The van der Waals surface area contributed by atoms with Gasteiger partial charge in [0.05, 0.1) is 4.47 Å². The lowest BCUT2D eigenvalue weighted by atomic mass is 10.2. The fraction of sp³-hybridized carbons (Fsp3) is 0.125. The number of carboxylic acid groups (broad SMARTS) is 1. The standard InChI is InChI=1S/C8H5BrF2O3/c9-5-3-1-2-4(7(12)13)6(5)14-8(10)11/h1-3,8H,(H,12,13). The third-order valence-electron chi connectivity index (χ3n) is 1.40. The molecule has 0 saturated carbocycles. The minimum atomic E-state index is -3.05. The molecule has 0 spiro atoms. The summed E-state index contributed by atoms with van der Waals surface area (Å²) in [6.07, 6.45) is 0. The van der Waals surface area contributed by atoms with Crippen LogP contribution < -0.4 is 4.74 Å². The third-order valence-corrected chi connectivity index (χ3v) is 2.03. The van der Waals surface area contributed by atoms with Gasteiger partial charge in [0, 0.05) is 0 Å². The van der Waals surface area contributed by atoms with Gasteiger partial charge in [-0.3, -0.25) is 0 Å². The number of alkyl halides is 2. The van der Waals surface area contributed by atoms with E-state index < -0.39 is 12.6 Å². The lowest BCUT2D eigenvalue weighted by Gasteiger charge is -2.09. The predicted octanol–water partition coefficient (Wildman–Crippen LogP) is 2.75. The zero-order valence-electron chi connectivity index (χ0n) is 6.71. The van der Waals surface area contributed by atoms with Crippen molar-refractivity contribution in [2.24, 2.45) is 0 Å². The van der Waals surface area contributed by atoms with Crippen LogP contribution in [0.3, 0.4) is 0 Å². The number of benzene rings is 1. The number of carboxylic acids is 1. The third kappa shape index (κ3) is 2.41. The van der Waals surface area contributed by atoms with Gasteiger partial charge in [-0.05, 0) is 28.1 Å². The van der Waals surface area contributed by atoms with E-state index in [1.807, 2.05) is 0 Å². The highest BCUT2D eigenvalue weighted by Gasteiger charge is 2.17. The molecule has 0 heterocycles. The van der Waals surface area contributed by atoms with Crippen LogP contribution in [0.4, 0.5) is 8.78 Å². The Morgan fingerprint density at radius 3 is 2.64 bits per heavy atom. The Hall–Kier alpha value is -1.17. The lowest BCUT2D eigenvalue weighted by molar-refractivity contribution is -0.0508. The maximum Gasteiger partial charge on any atom is 0.387 e. The molecule has 0 saturated heterocycles. The zero-order valence-corrected chi connectivity index (χ0v) is 8.29. The number of rotatable bonds is 3. The second kappa shape index (κ2) is 4.36. The molecule has 0 fully saturated rings. The van der Waals surface area contributed by atoms with Crippen molar-refractivity contribution in [1.29, 1.82) is 0 Å². The van der Waals surface area contributed by atoms with Crippen molar-refractivity contribution >= 4 is 21.9 Å². The summed E-state index contributed by atoms with van der Waals surface area (Å²) in [5.41, 5.74) is -0.306. The molecule has 0 aliphatic heterocycles. The minimum absolute atomic E-state index is 0.178. The van der Waals surface area contributed by atoms with Gasteiger partial charge in [-0.25, -0.2) is 4.79 Å². The first kappa shape index (κ1) is 10.9. The van der Waals surface area contributed by atoms with E-state index >= 15 is 0 Å². The molecule has 1 N–H and O–H groups in total. The van der Waals surface area contributed by atoms with Gasteiger partial charge in [-0.1, -0.05) is 6.07 Å². The molecule has 0 amide bonds. The monoisotopic (exact) mass is 266 g/mol. The molecule has 6 heteroatoms. The van der Waals surface area contributed by atoms with E-state index in [2.05, 4.69) is 20.7 Å². The molecule has 1 rings (SSSR count). The first-order valence-corrected chi connectivity index (χ1v) is 4.28. The number of carbonyl (C=O) groups is 1. The van der Waals surface area contributed by atoms with Crippen molar-refractivity contribution in [3.8, 4) is 5.75 Å². The molecule has 1 aromatic rings. The topological polar surface area (TPSA) is 46.5 Å². The molecule has 0 atom stereocenters. The van der Waals surface area contributed by atoms with Gasteiger partial charge in [-0.2, -0.15) is 8.78 Å². The highest BCUT2D eigenvalue weighted by Crippen LogP contribution is 2.30. The molecule has 0 aliphatic carbocycles. The van der Waals surface area contributed by atoms with Crippen molar-refractivity contribution in [3.05, 3.63) is 28.2 Å². The van der Waals surface area contributed by atoms with Crippen LogP contribution >= 0.6 is 15.9 Å². The Morgan fingerprint density at radius 1 is 1.50 bits per heavy atom. The number of ether oxygens (including phenoxy) is 1. The lowest BCUT2D eigenvalue weighted by Crippen LogP contribution is -2.08.